The topological polar surface area (TPSA) is 37.4 Å². The van der Waals surface area contributed by atoms with Crippen molar-refractivity contribution >= 4 is 15.5 Å². The Morgan fingerprint density at radius 3 is 1.62 bits per heavy atom. The summed E-state index contributed by atoms with van der Waals surface area (Å²) < 4.78 is 59.9. The van der Waals surface area contributed by atoms with Crippen LogP contribution in [0.2, 0.25) is 0 Å². The largest absolute Gasteiger partial charge is 0.501 e. The van der Waals surface area contributed by atoms with Crippen molar-refractivity contribution in [1.82, 2.24) is 0 Å². The first-order chi connectivity index (χ1) is 11.1. The maximum absolute atomic E-state index is 12.5. The molecule has 7 heteroatoms. The highest BCUT2D eigenvalue weighted by Crippen LogP contribution is 2.30. The van der Waals surface area contributed by atoms with Gasteiger partial charge in [0.05, 0.1) is 4.90 Å². The summed E-state index contributed by atoms with van der Waals surface area (Å²) in [5.74, 6) is 5.66. The van der Waals surface area contributed by atoms with Gasteiger partial charge in [0.15, 0.2) is 0 Å². The van der Waals surface area contributed by atoms with E-state index >= 15 is 0 Å². The lowest BCUT2D eigenvalue weighted by atomic mass is 10.1. The van der Waals surface area contributed by atoms with Crippen LogP contribution in [0.4, 0.5) is 18.9 Å². The molecule has 0 saturated carbocycles. The Morgan fingerprint density at radius 2 is 1.25 bits per heavy atom. The summed E-state index contributed by atoms with van der Waals surface area (Å²) in [6.07, 6.45) is 0. The average Bonchev–Trinajstić information content (AvgIpc) is 2.52. The molecule has 0 saturated heterocycles. The van der Waals surface area contributed by atoms with Crippen molar-refractivity contribution < 1.29 is 21.6 Å². The number of alkyl halides is 3. The molecule has 0 amide bonds. The van der Waals surface area contributed by atoms with Gasteiger partial charge in [0.2, 0.25) is 0 Å². The van der Waals surface area contributed by atoms with E-state index in [1.165, 1.54) is 12.1 Å². The number of hydrogen-bond donors (Lipinski definition) is 0. The highest BCUT2D eigenvalue weighted by atomic mass is 32.2. The fraction of sp³-hybridized carbons (Fsp3) is 0.176. The number of halogens is 3. The third-order valence-corrected chi connectivity index (χ3v) is 4.71. The van der Waals surface area contributed by atoms with Crippen molar-refractivity contribution in [2.45, 2.75) is 10.4 Å². The molecule has 2 aromatic rings. The van der Waals surface area contributed by atoms with Crippen molar-refractivity contribution in [3.05, 3.63) is 59.7 Å². The lowest BCUT2D eigenvalue weighted by Gasteiger charge is -2.11. The fourth-order valence-electron chi connectivity index (χ4n) is 1.84. The zero-order chi connectivity index (χ0) is 18.0. The molecule has 0 aliphatic heterocycles. The molecule has 0 aromatic heterocycles. The number of benzene rings is 2. The van der Waals surface area contributed by atoms with E-state index in [2.05, 4.69) is 11.8 Å². The maximum atomic E-state index is 12.5. The van der Waals surface area contributed by atoms with Crippen LogP contribution in [0.15, 0.2) is 53.4 Å². The highest BCUT2D eigenvalue weighted by molar-refractivity contribution is 7.92. The smallest absolute Gasteiger partial charge is 0.378 e. The third kappa shape index (κ3) is 3.89. The minimum atomic E-state index is -5.33. The molecule has 0 bridgehead atoms. The van der Waals surface area contributed by atoms with Crippen molar-refractivity contribution in [1.29, 1.82) is 0 Å². The number of nitrogens with zero attached hydrogens (tertiary/aromatic N) is 1. The van der Waals surface area contributed by atoms with Gasteiger partial charge in [-0.2, -0.15) is 13.2 Å². The lowest BCUT2D eigenvalue weighted by molar-refractivity contribution is -0.0436. The quantitative estimate of drug-likeness (QED) is 0.776. The van der Waals surface area contributed by atoms with Gasteiger partial charge in [-0.25, -0.2) is 8.42 Å². The minimum Gasteiger partial charge on any atom is -0.378 e. The Morgan fingerprint density at radius 1 is 0.833 bits per heavy atom. The Hall–Kier alpha value is -2.46. The van der Waals surface area contributed by atoms with Gasteiger partial charge in [0.25, 0.3) is 9.84 Å². The molecule has 0 radical (unpaired) electrons. The molecule has 0 atom stereocenters. The standard InChI is InChI=1S/C17H14F3NO2S/c1-21(2)15-9-5-13(6-10-15)3-4-14-7-11-16(12-8-14)24(22,23)17(18,19)20/h5-12H,1-2H3. The monoisotopic (exact) mass is 353 g/mol. The zero-order valence-corrected chi connectivity index (χ0v) is 13.7. The van der Waals surface area contributed by atoms with Crippen molar-refractivity contribution in [3.63, 3.8) is 0 Å². The second-order valence-electron chi connectivity index (χ2n) is 5.16. The maximum Gasteiger partial charge on any atom is 0.501 e. The molecule has 0 N–H and O–H groups in total. The number of sulfone groups is 1. The van der Waals surface area contributed by atoms with Crippen molar-refractivity contribution in [2.24, 2.45) is 0 Å². The van der Waals surface area contributed by atoms with Gasteiger partial charge in [0, 0.05) is 30.9 Å². The summed E-state index contributed by atoms with van der Waals surface area (Å²) in [4.78, 5) is 1.15. The van der Waals surface area contributed by atoms with Gasteiger partial charge in [-0.1, -0.05) is 11.8 Å². The van der Waals surface area contributed by atoms with Crippen LogP contribution in [0, 0.1) is 11.8 Å². The number of rotatable bonds is 2. The van der Waals surface area contributed by atoms with Crippen molar-refractivity contribution in [3.8, 4) is 11.8 Å². The molecule has 0 fully saturated rings. The van der Waals surface area contributed by atoms with E-state index in [1.54, 1.807) is 0 Å². The Balaban J connectivity index is 2.22. The van der Waals surface area contributed by atoms with E-state index in [0.29, 0.717) is 5.56 Å². The molecule has 2 aromatic carbocycles. The predicted octanol–water partition coefficient (Wildman–Crippen LogP) is 3.45. The molecule has 24 heavy (non-hydrogen) atoms. The summed E-state index contributed by atoms with van der Waals surface area (Å²) in [7, 11) is -1.50. The second-order valence-corrected chi connectivity index (χ2v) is 7.11. The predicted molar refractivity (Wildman–Crippen MR) is 86.4 cm³/mol. The first-order valence-corrected chi connectivity index (χ1v) is 8.30. The first-order valence-electron chi connectivity index (χ1n) is 6.82. The van der Waals surface area contributed by atoms with Crippen LogP contribution in [-0.4, -0.2) is 28.0 Å². The van der Waals surface area contributed by atoms with E-state index in [0.717, 1.165) is 23.4 Å². The van der Waals surface area contributed by atoms with Crippen LogP contribution < -0.4 is 4.90 Å². The number of anilines is 1. The van der Waals surface area contributed by atoms with Crippen molar-refractivity contribution in [2.75, 3.05) is 19.0 Å². The molecule has 0 unspecified atom stereocenters. The molecule has 0 aliphatic carbocycles. The summed E-state index contributed by atoms with van der Waals surface area (Å²) in [6.45, 7) is 0. The fourth-order valence-corrected chi connectivity index (χ4v) is 2.60. The van der Waals surface area contributed by atoms with Gasteiger partial charge in [0.1, 0.15) is 0 Å². The Kier molecular flexibility index (Phi) is 4.90. The van der Waals surface area contributed by atoms with Crippen LogP contribution in [0.5, 0.6) is 0 Å². The molecule has 126 valence electrons. The molecular weight excluding hydrogens is 339 g/mol. The van der Waals surface area contributed by atoms with Gasteiger partial charge in [-0.05, 0) is 48.5 Å². The lowest BCUT2D eigenvalue weighted by Crippen LogP contribution is -2.23. The molecule has 0 aliphatic rings. The van der Waals surface area contributed by atoms with Crippen LogP contribution in [0.25, 0.3) is 0 Å². The molecular formula is C17H14F3NO2S. The molecule has 0 spiro atoms. The Bertz CT molecular complexity index is 873. The third-order valence-electron chi connectivity index (χ3n) is 3.20. The zero-order valence-electron chi connectivity index (χ0n) is 12.9. The average molecular weight is 353 g/mol. The van der Waals surface area contributed by atoms with E-state index in [-0.39, 0.29) is 0 Å². The first kappa shape index (κ1) is 17.9. The van der Waals surface area contributed by atoms with Crippen LogP contribution in [0.1, 0.15) is 11.1 Å². The normalized spacial score (nSPS) is 11.5. The summed E-state index contributed by atoms with van der Waals surface area (Å²) in [6, 6.07) is 11.7. The van der Waals surface area contributed by atoms with E-state index in [1.807, 2.05) is 43.3 Å². The SMILES string of the molecule is CN(C)c1ccc(C#Cc2ccc(S(=O)(=O)C(F)(F)F)cc2)cc1. The van der Waals surface area contributed by atoms with E-state index in [9.17, 15) is 21.6 Å². The summed E-state index contributed by atoms with van der Waals surface area (Å²) in [5.41, 5.74) is -3.13. The van der Waals surface area contributed by atoms with Gasteiger partial charge >= 0.3 is 5.51 Å². The van der Waals surface area contributed by atoms with Gasteiger partial charge in [-0.15, -0.1) is 0 Å². The number of hydrogen-bond acceptors (Lipinski definition) is 3. The van der Waals surface area contributed by atoms with Crippen LogP contribution >= 0.6 is 0 Å². The van der Waals surface area contributed by atoms with Gasteiger partial charge < -0.3 is 4.90 Å². The highest BCUT2D eigenvalue weighted by Gasteiger charge is 2.46. The summed E-state index contributed by atoms with van der Waals surface area (Å²) >= 11 is 0. The van der Waals surface area contributed by atoms with Crippen LogP contribution in [-0.2, 0) is 9.84 Å². The molecule has 0 heterocycles. The molecule has 3 nitrogen and oxygen atoms in total. The van der Waals surface area contributed by atoms with E-state index < -0.39 is 20.2 Å². The van der Waals surface area contributed by atoms with Gasteiger partial charge in [-0.3, -0.25) is 0 Å². The summed E-state index contributed by atoms with van der Waals surface area (Å²) in [5, 5.41) is 0. The second kappa shape index (κ2) is 6.57. The molecule has 2 rings (SSSR count). The Labute approximate surface area is 138 Å². The minimum absolute atomic E-state index is 0.424. The van der Waals surface area contributed by atoms with Crippen LogP contribution in [0.3, 0.4) is 0 Å². The van der Waals surface area contributed by atoms with E-state index in [4.69, 9.17) is 0 Å².